The summed E-state index contributed by atoms with van der Waals surface area (Å²) in [6.45, 7) is 6.96. The molecule has 0 radical (unpaired) electrons. The van der Waals surface area contributed by atoms with Gasteiger partial charge < -0.3 is 19.7 Å². The van der Waals surface area contributed by atoms with E-state index < -0.39 is 28.5 Å². The highest BCUT2D eigenvalue weighted by Gasteiger charge is 2.32. The number of amides is 2. The molecule has 2 amide bonds. The molecule has 36 heavy (non-hydrogen) atoms. The fraction of sp³-hybridized carbons (Fsp3) is 0.462. The van der Waals surface area contributed by atoms with Gasteiger partial charge in [-0.2, -0.15) is 0 Å². The summed E-state index contributed by atoms with van der Waals surface area (Å²) in [4.78, 5) is 28.2. The molecule has 0 aromatic heterocycles. The lowest BCUT2D eigenvalue weighted by atomic mass is 10.1. The zero-order chi connectivity index (χ0) is 27.0. The Morgan fingerprint density at radius 2 is 1.67 bits per heavy atom. The Hall–Kier alpha value is -3.27. The smallest absolute Gasteiger partial charge is 0.244 e. The number of hydrogen-bond donors (Lipinski definition) is 1. The van der Waals surface area contributed by atoms with Crippen LogP contribution in [0.3, 0.4) is 0 Å². The fourth-order valence-corrected chi connectivity index (χ4v) is 4.66. The summed E-state index contributed by atoms with van der Waals surface area (Å²) < 4.78 is 37.3. The normalized spacial score (nSPS) is 12.1. The number of ether oxygens (including phenoxy) is 2. The number of carbonyl (C=O) groups excluding carboxylic acids is 2. The minimum Gasteiger partial charge on any atom is -0.497 e. The van der Waals surface area contributed by atoms with E-state index in [1.807, 2.05) is 39.8 Å². The number of aryl methyl sites for hydroxylation is 1. The highest BCUT2D eigenvalue weighted by Crippen LogP contribution is 2.31. The van der Waals surface area contributed by atoms with Crippen LogP contribution in [0.15, 0.2) is 42.5 Å². The predicted octanol–water partition coefficient (Wildman–Crippen LogP) is 3.11. The summed E-state index contributed by atoms with van der Waals surface area (Å²) in [7, 11) is -0.857. The number of hydrogen-bond acceptors (Lipinski definition) is 6. The molecular formula is C26H37N3O6S. The number of anilines is 1. The molecule has 198 valence electrons. The first-order valence-electron chi connectivity index (χ1n) is 11.8. The van der Waals surface area contributed by atoms with E-state index in [1.165, 1.54) is 12.0 Å². The SMILES string of the molecule is CC[C@H](C(=O)NC(C)C)N(Cc1ccc(OC)cc1)C(=O)CN(c1cc(C)ccc1OC)S(C)(=O)=O. The first-order chi connectivity index (χ1) is 16.9. The van der Waals surface area contributed by atoms with Crippen LogP contribution in [0.4, 0.5) is 5.69 Å². The van der Waals surface area contributed by atoms with Gasteiger partial charge in [-0.1, -0.05) is 25.1 Å². The average Bonchev–Trinajstić information content (AvgIpc) is 2.81. The van der Waals surface area contributed by atoms with E-state index in [9.17, 15) is 18.0 Å². The van der Waals surface area contributed by atoms with Crippen LogP contribution in [0.25, 0.3) is 0 Å². The molecule has 0 bridgehead atoms. The lowest BCUT2D eigenvalue weighted by Gasteiger charge is -2.33. The molecule has 0 fully saturated rings. The number of sulfonamides is 1. The number of nitrogens with zero attached hydrogens (tertiary/aromatic N) is 2. The van der Waals surface area contributed by atoms with E-state index in [0.29, 0.717) is 17.9 Å². The lowest BCUT2D eigenvalue weighted by molar-refractivity contribution is -0.140. The molecule has 0 aliphatic heterocycles. The molecule has 9 nitrogen and oxygen atoms in total. The first kappa shape index (κ1) is 29.0. The maximum atomic E-state index is 13.8. The van der Waals surface area contributed by atoms with Crippen molar-refractivity contribution in [1.29, 1.82) is 0 Å². The molecule has 0 heterocycles. The summed E-state index contributed by atoms with van der Waals surface area (Å²) in [5.41, 5.74) is 1.85. The minimum atomic E-state index is -3.86. The molecular weight excluding hydrogens is 482 g/mol. The Balaban J connectivity index is 2.50. The van der Waals surface area contributed by atoms with Gasteiger partial charge in [-0.3, -0.25) is 13.9 Å². The van der Waals surface area contributed by atoms with Gasteiger partial charge in [0, 0.05) is 12.6 Å². The van der Waals surface area contributed by atoms with E-state index >= 15 is 0 Å². The Morgan fingerprint density at radius 1 is 1.03 bits per heavy atom. The molecule has 0 aliphatic carbocycles. The highest BCUT2D eigenvalue weighted by atomic mass is 32.2. The predicted molar refractivity (Wildman–Crippen MR) is 141 cm³/mol. The number of carbonyl (C=O) groups is 2. The standard InChI is InChI=1S/C26H37N3O6S/c1-8-22(26(31)27-18(2)3)28(16-20-10-12-21(34-5)13-11-20)25(30)17-29(36(7,32)33)23-15-19(4)9-14-24(23)35-6/h9-15,18,22H,8,16-17H2,1-7H3,(H,27,31)/t22-/m1/s1. The van der Waals surface area contributed by atoms with Gasteiger partial charge in [0.05, 0.1) is 26.2 Å². The van der Waals surface area contributed by atoms with Crippen molar-refractivity contribution in [2.75, 3.05) is 31.3 Å². The minimum absolute atomic E-state index is 0.117. The van der Waals surface area contributed by atoms with E-state index in [-0.39, 0.29) is 24.2 Å². The second kappa shape index (κ2) is 12.6. The second-order valence-corrected chi connectivity index (χ2v) is 10.8. The van der Waals surface area contributed by atoms with Crippen LogP contribution in [0.1, 0.15) is 38.3 Å². The van der Waals surface area contributed by atoms with Crippen molar-refractivity contribution in [3.63, 3.8) is 0 Å². The molecule has 10 heteroatoms. The first-order valence-corrected chi connectivity index (χ1v) is 13.6. The maximum absolute atomic E-state index is 13.8. The summed E-state index contributed by atoms with van der Waals surface area (Å²) in [5, 5.41) is 2.87. The average molecular weight is 520 g/mol. The largest absolute Gasteiger partial charge is 0.497 e. The van der Waals surface area contributed by atoms with Crippen LogP contribution in [0.2, 0.25) is 0 Å². The van der Waals surface area contributed by atoms with Crippen LogP contribution < -0.4 is 19.1 Å². The molecule has 2 aromatic carbocycles. The molecule has 0 spiro atoms. The number of rotatable bonds is 12. The molecule has 1 N–H and O–H groups in total. The van der Waals surface area contributed by atoms with Gasteiger partial charge in [0.1, 0.15) is 24.1 Å². The molecule has 0 saturated carbocycles. The van der Waals surface area contributed by atoms with Crippen LogP contribution in [0.5, 0.6) is 11.5 Å². The third kappa shape index (κ3) is 7.61. The van der Waals surface area contributed by atoms with Crippen molar-refractivity contribution in [3.8, 4) is 11.5 Å². The van der Waals surface area contributed by atoms with E-state index in [1.54, 1.807) is 37.4 Å². The van der Waals surface area contributed by atoms with Crippen LogP contribution >= 0.6 is 0 Å². The van der Waals surface area contributed by atoms with Crippen molar-refractivity contribution in [2.45, 2.75) is 52.7 Å². The Bertz CT molecular complexity index is 1150. The second-order valence-electron chi connectivity index (χ2n) is 8.90. The third-order valence-electron chi connectivity index (χ3n) is 5.61. The molecule has 0 aliphatic rings. The number of benzene rings is 2. The van der Waals surface area contributed by atoms with Crippen LogP contribution in [0, 0.1) is 6.92 Å². The van der Waals surface area contributed by atoms with Crippen LogP contribution in [-0.4, -0.2) is 64.2 Å². The van der Waals surface area contributed by atoms with E-state index in [4.69, 9.17) is 9.47 Å². The Morgan fingerprint density at radius 3 is 2.17 bits per heavy atom. The highest BCUT2D eigenvalue weighted by molar-refractivity contribution is 7.92. The quantitative estimate of drug-likeness (QED) is 0.462. The van der Waals surface area contributed by atoms with Gasteiger partial charge in [-0.05, 0) is 62.6 Å². The number of nitrogens with one attached hydrogen (secondary N) is 1. The summed E-state index contributed by atoms with van der Waals surface area (Å²) >= 11 is 0. The van der Waals surface area contributed by atoms with Crippen molar-refractivity contribution < 1.29 is 27.5 Å². The molecule has 0 saturated heterocycles. The fourth-order valence-electron chi connectivity index (χ4n) is 3.82. The van der Waals surface area contributed by atoms with Gasteiger partial charge in [0.15, 0.2) is 0 Å². The van der Waals surface area contributed by atoms with Gasteiger partial charge in [0.2, 0.25) is 21.8 Å². The third-order valence-corrected chi connectivity index (χ3v) is 6.74. The van der Waals surface area contributed by atoms with Gasteiger partial charge >= 0.3 is 0 Å². The molecule has 1 atom stereocenters. The summed E-state index contributed by atoms with van der Waals surface area (Å²) in [6, 6.07) is 11.4. The van der Waals surface area contributed by atoms with E-state index in [0.717, 1.165) is 21.7 Å². The zero-order valence-corrected chi connectivity index (χ0v) is 22.9. The van der Waals surface area contributed by atoms with Crippen molar-refractivity contribution in [1.82, 2.24) is 10.2 Å². The Kier molecular flexibility index (Phi) is 10.2. The van der Waals surface area contributed by atoms with Crippen molar-refractivity contribution >= 4 is 27.5 Å². The van der Waals surface area contributed by atoms with E-state index in [2.05, 4.69) is 5.32 Å². The van der Waals surface area contributed by atoms with Gasteiger partial charge in [-0.25, -0.2) is 8.42 Å². The topological polar surface area (TPSA) is 105 Å². The van der Waals surface area contributed by atoms with Gasteiger partial charge in [0.25, 0.3) is 0 Å². The monoisotopic (exact) mass is 519 g/mol. The van der Waals surface area contributed by atoms with Crippen molar-refractivity contribution in [3.05, 3.63) is 53.6 Å². The zero-order valence-electron chi connectivity index (χ0n) is 22.1. The van der Waals surface area contributed by atoms with Gasteiger partial charge in [-0.15, -0.1) is 0 Å². The Labute approximate surface area is 214 Å². The summed E-state index contributed by atoms with van der Waals surface area (Å²) in [5.74, 6) is 0.181. The number of methoxy groups -OCH3 is 2. The molecule has 2 rings (SSSR count). The van der Waals surface area contributed by atoms with Crippen molar-refractivity contribution in [2.24, 2.45) is 0 Å². The maximum Gasteiger partial charge on any atom is 0.244 e. The molecule has 0 unspecified atom stereocenters. The van der Waals surface area contributed by atoms with Crippen LogP contribution in [-0.2, 0) is 26.2 Å². The summed E-state index contributed by atoms with van der Waals surface area (Å²) in [6.07, 6.45) is 1.39. The lowest BCUT2D eigenvalue weighted by Crippen LogP contribution is -2.53. The molecule has 2 aromatic rings.